The normalized spacial score (nSPS) is 17.1. The first-order valence-electron chi connectivity index (χ1n) is 6.89. The molecule has 0 saturated heterocycles. The van der Waals surface area contributed by atoms with Crippen LogP contribution in [0.4, 0.5) is 5.69 Å². The van der Waals surface area contributed by atoms with Crippen LogP contribution in [-0.4, -0.2) is 5.91 Å². The fourth-order valence-electron chi connectivity index (χ4n) is 2.73. The first kappa shape index (κ1) is 12.7. The molecule has 3 rings (SSSR count). The molecule has 102 valence electrons. The van der Waals surface area contributed by atoms with Gasteiger partial charge in [0.15, 0.2) is 0 Å². The minimum atomic E-state index is -0.380. The molecule has 1 atom stereocenters. The molecule has 1 aliphatic rings. The third-order valence-corrected chi connectivity index (χ3v) is 3.90. The summed E-state index contributed by atoms with van der Waals surface area (Å²) in [7, 11) is 0. The van der Waals surface area contributed by atoms with E-state index in [1.165, 1.54) is 22.4 Å². The van der Waals surface area contributed by atoms with E-state index < -0.39 is 0 Å². The van der Waals surface area contributed by atoms with Crippen molar-refractivity contribution in [2.75, 3.05) is 5.32 Å². The Balaban J connectivity index is 1.84. The predicted molar refractivity (Wildman–Crippen MR) is 80.8 cm³/mol. The number of fused-ring (bicyclic) bond motifs is 1. The van der Waals surface area contributed by atoms with Gasteiger partial charge in [-0.1, -0.05) is 24.3 Å². The first-order valence-corrected chi connectivity index (χ1v) is 6.89. The van der Waals surface area contributed by atoms with E-state index >= 15 is 0 Å². The minimum absolute atomic E-state index is 0.297. The van der Waals surface area contributed by atoms with Crippen molar-refractivity contribution in [3.63, 3.8) is 0 Å². The zero-order chi connectivity index (χ0) is 14.1. The van der Waals surface area contributed by atoms with Gasteiger partial charge in [0.25, 0.3) is 0 Å². The van der Waals surface area contributed by atoms with E-state index in [1.807, 2.05) is 12.1 Å². The molecule has 3 nitrogen and oxygen atoms in total. The smallest absolute Gasteiger partial charge is 0.248 e. The number of carbonyl (C=O) groups is 1. The maximum absolute atomic E-state index is 11.1. The molecule has 0 radical (unpaired) electrons. The third-order valence-electron chi connectivity index (χ3n) is 3.90. The number of hydrogen-bond acceptors (Lipinski definition) is 2. The van der Waals surface area contributed by atoms with Gasteiger partial charge < -0.3 is 11.1 Å². The first-order chi connectivity index (χ1) is 9.63. The van der Waals surface area contributed by atoms with Crippen molar-refractivity contribution in [1.82, 2.24) is 0 Å². The molecule has 0 aliphatic carbocycles. The van der Waals surface area contributed by atoms with Crippen LogP contribution in [0.2, 0.25) is 0 Å². The fourth-order valence-corrected chi connectivity index (χ4v) is 2.73. The van der Waals surface area contributed by atoms with E-state index in [0.29, 0.717) is 11.6 Å². The summed E-state index contributed by atoms with van der Waals surface area (Å²) < 4.78 is 0. The van der Waals surface area contributed by atoms with E-state index in [2.05, 4.69) is 30.4 Å². The van der Waals surface area contributed by atoms with Crippen molar-refractivity contribution in [3.05, 3.63) is 64.7 Å². The van der Waals surface area contributed by atoms with Gasteiger partial charge in [-0.15, -0.1) is 0 Å². The molecule has 20 heavy (non-hydrogen) atoms. The maximum Gasteiger partial charge on any atom is 0.248 e. The number of hydrogen-bond donors (Lipinski definition) is 2. The summed E-state index contributed by atoms with van der Waals surface area (Å²) in [5.41, 5.74) is 10.9. The lowest BCUT2D eigenvalue weighted by Gasteiger charge is -2.28. The van der Waals surface area contributed by atoms with Crippen LogP contribution in [0.1, 0.15) is 39.5 Å². The molecule has 1 aliphatic heterocycles. The minimum Gasteiger partial charge on any atom is -0.378 e. The monoisotopic (exact) mass is 266 g/mol. The van der Waals surface area contributed by atoms with Gasteiger partial charge in [-0.25, -0.2) is 0 Å². The number of anilines is 1. The highest BCUT2D eigenvalue weighted by Crippen LogP contribution is 2.33. The summed E-state index contributed by atoms with van der Waals surface area (Å²) in [4.78, 5) is 11.1. The molecule has 0 fully saturated rings. The average Bonchev–Trinajstić information content (AvgIpc) is 2.46. The van der Waals surface area contributed by atoms with Gasteiger partial charge in [-0.2, -0.15) is 0 Å². The zero-order valence-electron chi connectivity index (χ0n) is 11.5. The Hall–Kier alpha value is -2.29. The summed E-state index contributed by atoms with van der Waals surface area (Å²) in [6.45, 7) is 2.10. The quantitative estimate of drug-likeness (QED) is 0.877. The lowest BCUT2D eigenvalue weighted by molar-refractivity contribution is 0.100. The largest absolute Gasteiger partial charge is 0.378 e. The highest BCUT2D eigenvalue weighted by molar-refractivity contribution is 5.92. The Bertz CT molecular complexity index is 647. The Morgan fingerprint density at radius 1 is 1.20 bits per heavy atom. The Labute approximate surface area is 118 Å². The second-order valence-corrected chi connectivity index (χ2v) is 5.38. The number of aryl methyl sites for hydroxylation is 2. The molecule has 3 heteroatoms. The summed E-state index contributed by atoms with van der Waals surface area (Å²) in [6.07, 6.45) is 2.14. The van der Waals surface area contributed by atoms with Gasteiger partial charge in [-0.05, 0) is 54.7 Å². The number of benzene rings is 2. The molecule has 1 unspecified atom stereocenters. The van der Waals surface area contributed by atoms with Crippen LogP contribution in [-0.2, 0) is 6.42 Å². The lowest BCUT2D eigenvalue weighted by atomic mass is 9.92. The van der Waals surface area contributed by atoms with Crippen LogP contribution in [0.3, 0.4) is 0 Å². The number of rotatable bonds is 2. The number of nitrogens with one attached hydrogen (secondary N) is 1. The van der Waals surface area contributed by atoms with E-state index in [-0.39, 0.29) is 5.91 Å². The van der Waals surface area contributed by atoms with Crippen molar-refractivity contribution in [1.29, 1.82) is 0 Å². The average molecular weight is 266 g/mol. The van der Waals surface area contributed by atoms with Crippen molar-refractivity contribution in [2.24, 2.45) is 5.73 Å². The van der Waals surface area contributed by atoms with E-state index in [9.17, 15) is 4.79 Å². The van der Waals surface area contributed by atoms with Gasteiger partial charge in [0.05, 0.1) is 6.04 Å². The number of primary amides is 1. The van der Waals surface area contributed by atoms with E-state index in [1.54, 1.807) is 12.1 Å². The van der Waals surface area contributed by atoms with Crippen LogP contribution in [0.15, 0.2) is 42.5 Å². The summed E-state index contributed by atoms with van der Waals surface area (Å²) in [6, 6.07) is 14.4. The summed E-state index contributed by atoms with van der Waals surface area (Å²) in [5, 5.41) is 3.59. The second kappa shape index (κ2) is 5.00. The Morgan fingerprint density at radius 3 is 2.65 bits per heavy atom. The summed E-state index contributed by atoms with van der Waals surface area (Å²) in [5.74, 6) is -0.380. The van der Waals surface area contributed by atoms with Gasteiger partial charge in [0, 0.05) is 11.3 Å². The molecule has 0 saturated carbocycles. The second-order valence-electron chi connectivity index (χ2n) is 5.38. The van der Waals surface area contributed by atoms with E-state index in [4.69, 9.17) is 5.73 Å². The topological polar surface area (TPSA) is 55.1 Å². The zero-order valence-corrected chi connectivity index (χ0v) is 11.5. The highest BCUT2D eigenvalue weighted by atomic mass is 16.1. The molecule has 1 heterocycles. The van der Waals surface area contributed by atoms with Crippen LogP contribution < -0.4 is 11.1 Å². The fraction of sp³-hybridized carbons (Fsp3) is 0.235. The van der Waals surface area contributed by atoms with Crippen molar-refractivity contribution >= 4 is 11.6 Å². The van der Waals surface area contributed by atoms with Crippen LogP contribution in [0.5, 0.6) is 0 Å². The van der Waals surface area contributed by atoms with Crippen LogP contribution in [0.25, 0.3) is 0 Å². The summed E-state index contributed by atoms with van der Waals surface area (Å²) >= 11 is 0. The number of amides is 1. The molecule has 2 aromatic carbocycles. The maximum atomic E-state index is 11.1. The molecular formula is C17H18N2O. The van der Waals surface area contributed by atoms with Gasteiger partial charge >= 0.3 is 0 Å². The standard InChI is InChI=1S/C17H18N2O/c1-11-2-3-13-8-9-15(19-16(13)10-11)12-4-6-14(7-5-12)17(18)20/h2-7,10,15,19H,8-9H2,1H3,(H2,18,20). The molecule has 1 amide bonds. The molecule has 2 aromatic rings. The van der Waals surface area contributed by atoms with Gasteiger partial charge in [-0.3, -0.25) is 4.79 Å². The van der Waals surface area contributed by atoms with Crippen LogP contribution in [0, 0.1) is 6.92 Å². The number of nitrogens with two attached hydrogens (primary N) is 1. The lowest BCUT2D eigenvalue weighted by Crippen LogP contribution is -2.18. The molecule has 0 bridgehead atoms. The van der Waals surface area contributed by atoms with Crippen LogP contribution >= 0.6 is 0 Å². The third kappa shape index (κ3) is 2.39. The molecular weight excluding hydrogens is 248 g/mol. The molecule has 0 spiro atoms. The molecule has 3 N–H and O–H groups in total. The van der Waals surface area contributed by atoms with E-state index in [0.717, 1.165) is 12.8 Å². The van der Waals surface area contributed by atoms with Gasteiger partial charge in [0.1, 0.15) is 0 Å². The van der Waals surface area contributed by atoms with Crippen molar-refractivity contribution < 1.29 is 4.79 Å². The van der Waals surface area contributed by atoms with Crippen molar-refractivity contribution in [3.8, 4) is 0 Å². The SMILES string of the molecule is Cc1ccc2c(c1)NC(c1ccc(C(N)=O)cc1)CC2. The Kier molecular flexibility index (Phi) is 3.18. The van der Waals surface area contributed by atoms with Crippen molar-refractivity contribution in [2.45, 2.75) is 25.8 Å². The molecule has 0 aromatic heterocycles. The van der Waals surface area contributed by atoms with Gasteiger partial charge in [0.2, 0.25) is 5.91 Å². The number of carbonyl (C=O) groups excluding carboxylic acids is 1. The predicted octanol–water partition coefficient (Wildman–Crippen LogP) is 3.19. The Morgan fingerprint density at radius 2 is 1.95 bits per heavy atom. The highest BCUT2D eigenvalue weighted by Gasteiger charge is 2.19.